The number of hydrogen-bond donors (Lipinski definition) is 0. The molecule has 0 spiro atoms. The van der Waals surface area contributed by atoms with Gasteiger partial charge in [0.2, 0.25) is 0 Å². The van der Waals surface area contributed by atoms with Crippen molar-refractivity contribution in [2.45, 2.75) is 32.2 Å². The zero-order valence-electron chi connectivity index (χ0n) is 12.2. The van der Waals surface area contributed by atoms with Crippen LogP contribution < -0.4 is 4.74 Å². The number of Topliss-reactive ketones (excluding diaryl/α,β-unsaturated/α-hetero) is 1. The molecule has 2 rings (SSSR count). The predicted octanol–water partition coefficient (Wildman–Crippen LogP) is 3.03. The summed E-state index contributed by atoms with van der Waals surface area (Å²) in [6.07, 6.45) is 3.87. The summed E-state index contributed by atoms with van der Waals surface area (Å²) in [6, 6.07) is 5.00. The van der Waals surface area contributed by atoms with Crippen molar-refractivity contribution in [1.29, 1.82) is 0 Å². The summed E-state index contributed by atoms with van der Waals surface area (Å²) < 4.78 is 18.5. The Morgan fingerprint density at radius 3 is 2.85 bits per heavy atom. The monoisotopic (exact) mass is 279 g/mol. The van der Waals surface area contributed by atoms with Crippen LogP contribution in [0.5, 0.6) is 5.75 Å². The molecule has 20 heavy (non-hydrogen) atoms. The van der Waals surface area contributed by atoms with Crippen molar-refractivity contribution in [1.82, 2.24) is 4.90 Å². The number of methoxy groups -OCH3 is 1. The van der Waals surface area contributed by atoms with E-state index in [4.69, 9.17) is 4.74 Å². The molecule has 1 aliphatic rings. The van der Waals surface area contributed by atoms with Crippen molar-refractivity contribution in [3.63, 3.8) is 0 Å². The van der Waals surface area contributed by atoms with Crippen LogP contribution in [0, 0.1) is 11.7 Å². The largest absolute Gasteiger partial charge is 0.494 e. The first kappa shape index (κ1) is 15.0. The number of nitrogens with zero attached hydrogens (tertiary/aromatic N) is 1. The van der Waals surface area contributed by atoms with E-state index in [1.165, 1.54) is 13.2 Å². The van der Waals surface area contributed by atoms with Gasteiger partial charge in [0.05, 0.1) is 7.11 Å². The van der Waals surface area contributed by atoms with Gasteiger partial charge in [-0.05, 0) is 37.6 Å². The summed E-state index contributed by atoms with van der Waals surface area (Å²) in [7, 11) is 3.43. The number of ether oxygens (including phenoxy) is 1. The lowest BCUT2D eigenvalue weighted by atomic mass is 9.87. The maximum absolute atomic E-state index is 13.6. The van der Waals surface area contributed by atoms with Crippen molar-refractivity contribution in [2.24, 2.45) is 5.92 Å². The van der Waals surface area contributed by atoms with Crippen LogP contribution in [-0.4, -0.2) is 31.4 Å². The van der Waals surface area contributed by atoms with Crippen LogP contribution >= 0.6 is 0 Å². The first-order valence-corrected chi connectivity index (χ1v) is 7.14. The third-order valence-electron chi connectivity index (χ3n) is 3.88. The van der Waals surface area contributed by atoms with E-state index in [9.17, 15) is 9.18 Å². The predicted molar refractivity (Wildman–Crippen MR) is 76.3 cm³/mol. The highest BCUT2D eigenvalue weighted by Gasteiger charge is 2.23. The normalized spacial score (nSPS) is 19.4. The van der Waals surface area contributed by atoms with Gasteiger partial charge in [-0.15, -0.1) is 0 Å². The molecule has 1 aliphatic carbocycles. The number of ketones is 1. The Morgan fingerprint density at radius 2 is 2.20 bits per heavy atom. The third-order valence-corrected chi connectivity index (χ3v) is 3.88. The molecule has 0 bridgehead atoms. The van der Waals surface area contributed by atoms with Gasteiger partial charge >= 0.3 is 0 Å². The van der Waals surface area contributed by atoms with Crippen LogP contribution in [0.1, 0.15) is 31.2 Å². The van der Waals surface area contributed by atoms with E-state index in [-0.39, 0.29) is 17.5 Å². The van der Waals surface area contributed by atoms with Gasteiger partial charge in [-0.25, -0.2) is 4.39 Å². The minimum atomic E-state index is -0.341. The molecule has 1 fully saturated rings. The van der Waals surface area contributed by atoms with Crippen LogP contribution in [0.25, 0.3) is 0 Å². The maximum atomic E-state index is 13.6. The van der Waals surface area contributed by atoms with E-state index in [1.54, 1.807) is 6.07 Å². The summed E-state index contributed by atoms with van der Waals surface area (Å²) in [4.78, 5) is 13.9. The zero-order valence-corrected chi connectivity index (χ0v) is 12.2. The zero-order chi connectivity index (χ0) is 14.5. The van der Waals surface area contributed by atoms with Gasteiger partial charge in [-0.1, -0.05) is 12.5 Å². The van der Waals surface area contributed by atoms with E-state index in [0.29, 0.717) is 12.3 Å². The molecule has 0 radical (unpaired) electrons. The summed E-state index contributed by atoms with van der Waals surface area (Å²) >= 11 is 0. The molecule has 4 heteroatoms. The van der Waals surface area contributed by atoms with Gasteiger partial charge in [-0.3, -0.25) is 4.79 Å². The summed E-state index contributed by atoms with van der Waals surface area (Å²) in [5.74, 6) is 0.451. The van der Waals surface area contributed by atoms with Crippen LogP contribution in [0.15, 0.2) is 18.2 Å². The summed E-state index contributed by atoms with van der Waals surface area (Å²) in [5, 5.41) is 0. The molecule has 0 aliphatic heterocycles. The molecule has 1 saturated carbocycles. The molecule has 110 valence electrons. The third kappa shape index (κ3) is 3.79. The van der Waals surface area contributed by atoms with E-state index in [2.05, 4.69) is 4.90 Å². The highest BCUT2D eigenvalue weighted by molar-refractivity contribution is 5.81. The Kier molecular flexibility index (Phi) is 5.12. The Balaban J connectivity index is 1.92. The van der Waals surface area contributed by atoms with Crippen LogP contribution in [0.3, 0.4) is 0 Å². The summed E-state index contributed by atoms with van der Waals surface area (Å²) in [6.45, 7) is 1.40. The van der Waals surface area contributed by atoms with Crippen molar-refractivity contribution < 1.29 is 13.9 Å². The molecule has 1 atom stereocenters. The van der Waals surface area contributed by atoms with Gasteiger partial charge in [0, 0.05) is 25.4 Å². The highest BCUT2D eigenvalue weighted by Crippen LogP contribution is 2.22. The molecule has 1 aromatic carbocycles. The Labute approximate surface area is 119 Å². The fourth-order valence-corrected chi connectivity index (χ4v) is 2.81. The second-order valence-electron chi connectivity index (χ2n) is 5.57. The van der Waals surface area contributed by atoms with Crippen LogP contribution in [0.4, 0.5) is 4.39 Å². The molecule has 0 amide bonds. The smallest absolute Gasteiger partial charge is 0.165 e. The fraction of sp³-hybridized carbons (Fsp3) is 0.562. The van der Waals surface area contributed by atoms with Crippen LogP contribution in [0.2, 0.25) is 0 Å². The lowest BCUT2D eigenvalue weighted by Gasteiger charge is -2.26. The molecule has 0 heterocycles. The number of rotatable bonds is 5. The van der Waals surface area contributed by atoms with Gasteiger partial charge in [0.25, 0.3) is 0 Å². The van der Waals surface area contributed by atoms with E-state index >= 15 is 0 Å². The van der Waals surface area contributed by atoms with Gasteiger partial charge in [-0.2, -0.15) is 0 Å². The summed E-state index contributed by atoms with van der Waals surface area (Å²) in [5.41, 5.74) is 0.897. The molecule has 1 aromatic rings. The van der Waals surface area contributed by atoms with Gasteiger partial charge < -0.3 is 9.64 Å². The molecular formula is C16H22FNO2. The Bertz CT molecular complexity index is 476. The number of carbonyl (C=O) groups excluding carboxylic acids is 1. The molecule has 0 N–H and O–H groups in total. The first-order valence-electron chi connectivity index (χ1n) is 7.14. The Hall–Kier alpha value is -1.42. The molecule has 0 saturated heterocycles. The van der Waals surface area contributed by atoms with Gasteiger partial charge in [0.1, 0.15) is 5.78 Å². The van der Waals surface area contributed by atoms with Crippen molar-refractivity contribution >= 4 is 5.78 Å². The van der Waals surface area contributed by atoms with E-state index < -0.39 is 0 Å². The average molecular weight is 279 g/mol. The minimum absolute atomic E-state index is 0.150. The molecule has 3 nitrogen and oxygen atoms in total. The quantitative estimate of drug-likeness (QED) is 0.829. The standard InChI is InChI=1S/C16H22FNO2/c1-18(11-13-5-3-4-6-15(13)19)10-12-7-8-16(20-2)14(17)9-12/h7-9,13H,3-6,10-11H2,1-2H3. The molecule has 0 aromatic heterocycles. The number of benzene rings is 1. The average Bonchev–Trinajstić information content (AvgIpc) is 2.41. The van der Waals surface area contributed by atoms with Crippen molar-refractivity contribution in [3.8, 4) is 5.75 Å². The van der Waals surface area contributed by atoms with E-state index in [0.717, 1.165) is 37.8 Å². The van der Waals surface area contributed by atoms with Crippen molar-refractivity contribution in [2.75, 3.05) is 20.7 Å². The topological polar surface area (TPSA) is 29.5 Å². The second kappa shape index (κ2) is 6.84. The van der Waals surface area contributed by atoms with E-state index in [1.807, 2.05) is 13.1 Å². The maximum Gasteiger partial charge on any atom is 0.165 e. The minimum Gasteiger partial charge on any atom is -0.494 e. The molecular weight excluding hydrogens is 257 g/mol. The highest BCUT2D eigenvalue weighted by atomic mass is 19.1. The molecule has 1 unspecified atom stereocenters. The number of hydrogen-bond acceptors (Lipinski definition) is 3. The number of halogens is 1. The Morgan fingerprint density at radius 1 is 1.40 bits per heavy atom. The lowest BCUT2D eigenvalue weighted by Crippen LogP contribution is -2.32. The fourth-order valence-electron chi connectivity index (χ4n) is 2.81. The van der Waals surface area contributed by atoms with Crippen molar-refractivity contribution in [3.05, 3.63) is 29.6 Å². The van der Waals surface area contributed by atoms with Gasteiger partial charge in [0.15, 0.2) is 11.6 Å². The first-order chi connectivity index (χ1) is 9.60. The SMILES string of the molecule is COc1ccc(CN(C)CC2CCCCC2=O)cc1F. The lowest BCUT2D eigenvalue weighted by molar-refractivity contribution is -0.125. The second-order valence-corrected chi connectivity index (χ2v) is 5.57. The number of carbonyl (C=O) groups is 1. The van der Waals surface area contributed by atoms with Crippen LogP contribution in [-0.2, 0) is 11.3 Å².